The highest BCUT2D eigenvalue weighted by atomic mass is 16.3. The molecule has 1 aromatic heterocycles. The van der Waals surface area contributed by atoms with Crippen LogP contribution >= 0.6 is 0 Å². The van der Waals surface area contributed by atoms with Gasteiger partial charge < -0.3 is 0 Å². The molecule has 0 unspecified atom stereocenters. The van der Waals surface area contributed by atoms with Gasteiger partial charge in [-0.25, -0.2) is 4.42 Å². The van der Waals surface area contributed by atoms with Gasteiger partial charge in [-0.3, -0.25) is 0 Å². The summed E-state index contributed by atoms with van der Waals surface area (Å²) in [5.74, 6) is 1.76. The molecule has 0 N–H and O–H groups in total. The first-order chi connectivity index (χ1) is 13.1. The van der Waals surface area contributed by atoms with Crippen LogP contribution in [-0.2, 0) is 0 Å². The largest absolute Gasteiger partial charge is 0.361 e. The van der Waals surface area contributed by atoms with Crippen LogP contribution in [0.2, 0.25) is 0 Å². The Morgan fingerprint density at radius 1 is 0.407 bits per heavy atom. The minimum atomic E-state index is 0.878. The van der Waals surface area contributed by atoms with Crippen LogP contribution in [0.3, 0.4) is 0 Å². The van der Waals surface area contributed by atoms with Crippen LogP contribution in [0.25, 0.3) is 33.8 Å². The van der Waals surface area contributed by atoms with Crippen LogP contribution in [0.4, 0.5) is 0 Å². The average molecular weight is 351 g/mol. The molecule has 1 heterocycles. The van der Waals surface area contributed by atoms with E-state index in [0.717, 1.165) is 28.2 Å². The average Bonchev–Trinajstić information content (AvgIpc) is 2.69. The lowest BCUT2D eigenvalue weighted by atomic mass is 10.0. The molecule has 0 amide bonds. The molecule has 27 heavy (non-hydrogen) atoms. The molecule has 0 spiro atoms. The quantitative estimate of drug-likeness (QED) is 0.348. The van der Waals surface area contributed by atoms with Crippen molar-refractivity contribution in [1.29, 1.82) is 0 Å². The van der Waals surface area contributed by atoms with Crippen molar-refractivity contribution in [3.05, 3.63) is 102 Å². The van der Waals surface area contributed by atoms with Crippen LogP contribution in [0.15, 0.2) is 89.3 Å². The molecule has 4 rings (SSSR count). The fraction of sp³-hybridized carbons (Fsp3) is 0.115. The summed E-state index contributed by atoms with van der Waals surface area (Å²) in [7, 11) is 0. The van der Waals surface area contributed by atoms with E-state index in [2.05, 4.69) is 106 Å². The van der Waals surface area contributed by atoms with Crippen molar-refractivity contribution in [1.82, 2.24) is 0 Å². The Morgan fingerprint density at radius 3 is 1.11 bits per heavy atom. The zero-order valence-corrected chi connectivity index (χ0v) is 16.0. The Bertz CT molecular complexity index is 903. The summed E-state index contributed by atoms with van der Waals surface area (Å²) in [4.78, 5) is 0. The molecular formula is C26H23O+. The van der Waals surface area contributed by atoms with Crippen molar-refractivity contribution in [2.45, 2.75) is 20.8 Å². The molecule has 0 bridgehead atoms. The Labute approximate surface area is 161 Å². The highest BCUT2D eigenvalue weighted by molar-refractivity contribution is 5.74. The summed E-state index contributed by atoms with van der Waals surface area (Å²) in [5.41, 5.74) is 8.27. The van der Waals surface area contributed by atoms with E-state index in [1.165, 1.54) is 22.3 Å². The molecule has 0 aliphatic carbocycles. The first-order valence-corrected chi connectivity index (χ1v) is 9.28. The van der Waals surface area contributed by atoms with Crippen molar-refractivity contribution in [2.24, 2.45) is 0 Å². The van der Waals surface area contributed by atoms with Crippen molar-refractivity contribution in [3.63, 3.8) is 0 Å². The van der Waals surface area contributed by atoms with E-state index in [1.54, 1.807) is 0 Å². The van der Waals surface area contributed by atoms with Gasteiger partial charge in [-0.05, 0) is 50.6 Å². The van der Waals surface area contributed by atoms with Gasteiger partial charge in [0.05, 0.1) is 23.3 Å². The zero-order valence-electron chi connectivity index (χ0n) is 16.0. The van der Waals surface area contributed by atoms with E-state index < -0.39 is 0 Å². The van der Waals surface area contributed by atoms with Crippen LogP contribution in [0, 0.1) is 20.8 Å². The van der Waals surface area contributed by atoms with Crippen molar-refractivity contribution in [2.75, 3.05) is 0 Å². The summed E-state index contributed by atoms with van der Waals surface area (Å²) in [5, 5.41) is 0. The maximum Gasteiger partial charge on any atom is 0.361 e. The minimum absolute atomic E-state index is 0.878. The molecule has 132 valence electrons. The van der Waals surface area contributed by atoms with E-state index in [0.29, 0.717) is 0 Å². The van der Waals surface area contributed by atoms with Crippen molar-refractivity contribution >= 4 is 0 Å². The van der Waals surface area contributed by atoms with Crippen molar-refractivity contribution < 1.29 is 4.42 Å². The number of aryl methyl sites for hydroxylation is 3. The Kier molecular flexibility index (Phi) is 4.60. The number of benzene rings is 3. The third-order valence-corrected chi connectivity index (χ3v) is 4.85. The van der Waals surface area contributed by atoms with Gasteiger partial charge in [0.2, 0.25) is 0 Å². The maximum atomic E-state index is 6.32. The standard InChI is InChI=1S/C26H23O/c1-18-4-10-21(11-5-18)24-16-25(22-12-6-19(2)7-13-22)27-26(17-24)23-14-8-20(3)9-15-23/h4-17H,1-3H3/q+1. The molecular weight excluding hydrogens is 328 g/mol. The molecule has 0 atom stereocenters. The topological polar surface area (TPSA) is 11.3 Å². The van der Waals surface area contributed by atoms with Gasteiger partial charge in [-0.2, -0.15) is 0 Å². The summed E-state index contributed by atoms with van der Waals surface area (Å²) in [6, 6.07) is 29.8. The van der Waals surface area contributed by atoms with Crippen molar-refractivity contribution in [3.8, 4) is 33.8 Å². The second-order valence-corrected chi connectivity index (χ2v) is 7.17. The summed E-state index contributed by atoms with van der Waals surface area (Å²) >= 11 is 0. The van der Waals surface area contributed by atoms with Gasteiger partial charge in [-0.15, -0.1) is 0 Å². The van der Waals surface area contributed by atoms with Gasteiger partial charge in [0.1, 0.15) is 0 Å². The fourth-order valence-corrected chi connectivity index (χ4v) is 3.13. The third-order valence-electron chi connectivity index (χ3n) is 4.85. The maximum absolute atomic E-state index is 6.32. The molecule has 1 heteroatoms. The lowest BCUT2D eigenvalue weighted by molar-refractivity contribution is 0.582. The first-order valence-electron chi connectivity index (χ1n) is 9.28. The van der Waals surface area contributed by atoms with Gasteiger partial charge in [-0.1, -0.05) is 65.2 Å². The predicted molar refractivity (Wildman–Crippen MR) is 114 cm³/mol. The van der Waals surface area contributed by atoms with Crippen LogP contribution in [-0.4, -0.2) is 0 Å². The molecule has 0 fully saturated rings. The van der Waals surface area contributed by atoms with E-state index in [9.17, 15) is 0 Å². The molecule has 0 aliphatic rings. The van der Waals surface area contributed by atoms with Gasteiger partial charge in [0.25, 0.3) is 0 Å². The number of hydrogen-bond acceptors (Lipinski definition) is 0. The highest BCUT2D eigenvalue weighted by Gasteiger charge is 2.20. The highest BCUT2D eigenvalue weighted by Crippen LogP contribution is 2.33. The van der Waals surface area contributed by atoms with Crippen LogP contribution in [0.1, 0.15) is 16.7 Å². The molecule has 4 aromatic rings. The van der Waals surface area contributed by atoms with Gasteiger partial charge in [0, 0.05) is 5.56 Å². The smallest absolute Gasteiger partial charge is 0.207 e. The Hall–Kier alpha value is -3.19. The molecule has 0 aliphatic heterocycles. The van der Waals surface area contributed by atoms with Gasteiger partial charge in [0.15, 0.2) is 0 Å². The van der Waals surface area contributed by atoms with E-state index in [4.69, 9.17) is 4.42 Å². The minimum Gasteiger partial charge on any atom is -0.207 e. The van der Waals surface area contributed by atoms with E-state index >= 15 is 0 Å². The van der Waals surface area contributed by atoms with E-state index in [-0.39, 0.29) is 0 Å². The summed E-state index contributed by atoms with van der Waals surface area (Å²) < 4.78 is 6.32. The Morgan fingerprint density at radius 2 is 0.741 bits per heavy atom. The fourth-order valence-electron chi connectivity index (χ4n) is 3.13. The molecule has 0 saturated carbocycles. The molecule has 0 saturated heterocycles. The molecule has 0 radical (unpaired) electrons. The lowest BCUT2D eigenvalue weighted by Crippen LogP contribution is -1.87. The normalized spacial score (nSPS) is 10.8. The second kappa shape index (κ2) is 7.20. The number of hydrogen-bond donors (Lipinski definition) is 0. The van der Waals surface area contributed by atoms with Gasteiger partial charge >= 0.3 is 11.5 Å². The molecule has 3 aromatic carbocycles. The SMILES string of the molecule is Cc1ccc(-c2cc(-c3ccc(C)cc3)[o+]c(-c3ccc(C)cc3)c2)cc1. The predicted octanol–water partition coefficient (Wildman–Crippen LogP) is 7.49. The summed E-state index contributed by atoms with van der Waals surface area (Å²) in [6.45, 7) is 6.31. The third kappa shape index (κ3) is 3.83. The summed E-state index contributed by atoms with van der Waals surface area (Å²) in [6.07, 6.45) is 0. The van der Waals surface area contributed by atoms with Crippen LogP contribution in [0.5, 0.6) is 0 Å². The van der Waals surface area contributed by atoms with E-state index in [1.807, 2.05) is 0 Å². The Balaban J connectivity index is 1.89. The first kappa shape index (κ1) is 17.2. The molecule has 1 nitrogen and oxygen atoms in total. The van der Waals surface area contributed by atoms with Crippen LogP contribution < -0.4 is 0 Å². The zero-order chi connectivity index (χ0) is 18.8. The number of rotatable bonds is 3. The second-order valence-electron chi connectivity index (χ2n) is 7.17. The monoisotopic (exact) mass is 351 g/mol. The lowest BCUT2D eigenvalue weighted by Gasteiger charge is -2.03.